The Morgan fingerprint density at radius 1 is 1.45 bits per heavy atom. The van der Waals surface area contributed by atoms with Gasteiger partial charge in [0.15, 0.2) is 0 Å². The number of nitrogens with one attached hydrogen (secondary N) is 1. The molecule has 0 radical (unpaired) electrons. The molecule has 0 aromatic rings. The van der Waals surface area contributed by atoms with Crippen molar-refractivity contribution in [1.29, 1.82) is 0 Å². The molecule has 1 rings (SSSR count). The van der Waals surface area contributed by atoms with Gasteiger partial charge in [-0.25, -0.2) is 4.79 Å². The van der Waals surface area contributed by atoms with E-state index >= 15 is 0 Å². The van der Waals surface area contributed by atoms with Crippen LogP contribution in [0.15, 0.2) is 0 Å². The van der Waals surface area contributed by atoms with Crippen molar-refractivity contribution in [3.05, 3.63) is 0 Å². The zero-order chi connectivity index (χ0) is 15.1. The highest BCUT2D eigenvalue weighted by atomic mass is 16.5. The van der Waals surface area contributed by atoms with Gasteiger partial charge in [-0.1, -0.05) is 0 Å². The van der Waals surface area contributed by atoms with Crippen LogP contribution in [0.3, 0.4) is 0 Å². The number of ether oxygens (including phenoxy) is 1. The maximum Gasteiger partial charge on any atom is 0.317 e. The Morgan fingerprint density at radius 3 is 2.70 bits per heavy atom. The second-order valence-corrected chi connectivity index (χ2v) is 5.64. The predicted molar refractivity (Wildman–Crippen MR) is 75.7 cm³/mol. The Bertz CT molecular complexity index is 333. The van der Waals surface area contributed by atoms with Crippen LogP contribution >= 0.6 is 0 Å². The summed E-state index contributed by atoms with van der Waals surface area (Å²) in [7, 11) is 0. The second-order valence-electron chi connectivity index (χ2n) is 5.64. The molecular weight excluding hydrogens is 260 g/mol. The van der Waals surface area contributed by atoms with E-state index in [1.54, 1.807) is 4.90 Å². The molecular formula is C14H26N2O4. The zero-order valence-corrected chi connectivity index (χ0v) is 12.6. The van der Waals surface area contributed by atoms with E-state index in [1.807, 2.05) is 20.8 Å². The first-order chi connectivity index (χ1) is 9.40. The molecule has 0 aliphatic carbocycles. The van der Waals surface area contributed by atoms with Crippen LogP contribution in [0.1, 0.15) is 46.5 Å². The van der Waals surface area contributed by atoms with Gasteiger partial charge < -0.3 is 20.1 Å². The molecule has 1 heterocycles. The van der Waals surface area contributed by atoms with Gasteiger partial charge in [-0.2, -0.15) is 0 Å². The van der Waals surface area contributed by atoms with Gasteiger partial charge >= 0.3 is 12.0 Å². The fourth-order valence-corrected chi connectivity index (χ4v) is 2.38. The summed E-state index contributed by atoms with van der Waals surface area (Å²) in [6, 6.07) is 0.0949. The van der Waals surface area contributed by atoms with Crippen molar-refractivity contribution < 1.29 is 19.4 Å². The van der Waals surface area contributed by atoms with E-state index in [-0.39, 0.29) is 30.6 Å². The van der Waals surface area contributed by atoms with E-state index in [2.05, 4.69) is 5.32 Å². The Kier molecular flexibility index (Phi) is 6.78. The Labute approximate surface area is 120 Å². The van der Waals surface area contributed by atoms with E-state index in [0.717, 1.165) is 12.8 Å². The molecule has 6 nitrogen and oxygen atoms in total. The summed E-state index contributed by atoms with van der Waals surface area (Å²) in [6.07, 6.45) is 2.40. The summed E-state index contributed by atoms with van der Waals surface area (Å²) >= 11 is 0. The van der Waals surface area contributed by atoms with Crippen LogP contribution in [0.25, 0.3) is 0 Å². The van der Waals surface area contributed by atoms with Crippen molar-refractivity contribution in [2.75, 3.05) is 13.2 Å². The van der Waals surface area contributed by atoms with Crippen molar-refractivity contribution in [3.8, 4) is 0 Å². The van der Waals surface area contributed by atoms with Crippen molar-refractivity contribution in [1.82, 2.24) is 10.2 Å². The highest BCUT2D eigenvalue weighted by molar-refractivity contribution is 5.75. The number of carboxylic acids is 1. The van der Waals surface area contributed by atoms with E-state index in [9.17, 15) is 9.59 Å². The van der Waals surface area contributed by atoms with Crippen molar-refractivity contribution in [3.63, 3.8) is 0 Å². The highest BCUT2D eigenvalue weighted by Gasteiger charge is 2.24. The average Bonchev–Trinajstić information content (AvgIpc) is 2.33. The third-order valence-corrected chi connectivity index (χ3v) is 3.49. The Hall–Kier alpha value is -1.30. The summed E-state index contributed by atoms with van der Waals surface area (Å²) in [5.74, 6) is -0.827. The molecule has 1 aliphatic rings. The SMILES string of the molecule is CC1CC(NC(=O)N(CCCC(=O)O)C(C)C)CCO1. The van der Waals surface area contributed by atoms with Crippen molar-refractivity contribution in [2.45, 2.75) is 64.6 Å². The molecule has 0 bridgehead atoms. The topological polar surface area (TPSA) is 78.9 Å². The third-order valence-electron chi connectivity index (χ3n) is 3.49. The smallest absolute Gasteiger partial charge is 0.317 e. The van der Waals surface area contributed by atoms with E-state index in [1.165, 1.54) is 0 Å². The molecule has 1 fully saturated rings. The normalized spacial score (nSPS) is 22.6. The minimum Gasteiger partial charge on any atom is -0.481 e. The van der Waals surface area contributed by atoms with E-state index in [0.29, 0.717) is 19.6 Å². The monoisotopic (exact) mass is 286 g/mol. The molecule has 2 N–H and O–H groups in total. The van der Waals surface area contributed by atoms with Crippen LogP contribution in [-0.4, -0.2) is 53.3 Å². The molecule has 116 valence electrons. The lowest BCUT2D eigenvalue weighted by molar-refractivity contribution is -0.137. The molecule has 1 saturated heterocycles. The lowest BCUT2D eigenvalue weighted by atomic mass is 10.0. The first-order valence-corrected chi connectivity index (χ1v) is 7.30. The molecule has 1 aliphatic heterocycles. The number of carbonyl (C=O) groups is 2. The molecule has 2 unspecified atom stereocenters. The minimum absolute atomic E-state index is 0.0565. The number of urea groups is 1. The quantitative estimate of drug-likeness (QED) is 0.781. The molecule has 2 atom stereocenters. The molecule has 6 heteroatoms. The fourth-order valence-electron chi connectivity index (χ4n) is 2.38. The Balaban J connectivity index is 2.44. The largest absolute Gasteiger partial charge is 0.481 e. The summed E-state index contributed by atoms with van der Waals surface area (Å²) in [5, 5.41) is 11.7. The van der Waals surface area contributed by atoms with E-state index in [4.69, 9.17) is 9.84 Å². The van der Waals surface area contributed by atoms with Gasteiger partial charge in [0.05, 0.1) is 6.10 Å². The first kappa shape index (κ1) is 16.8. The fraction of sp³-hybridized carbons (Fsp3) is 0.857. The van der Waals surface area contributed by atoms with Gasteiger partial charge in [-0.15, -0.1) is 0 Å². The van der Waals surface area contributed by atoms with Crippen LogP contribution in [0.2, 0.25) is 0 Å². The van der Waals surface area contributed by atoms with Gasteiger partial charge in [0.1, 0.15) is 0 Å². The maximum atomic E-state index is 12.3. The van der Waals surface area contributed by atoms with Gasteiger partial charge in [0, 0.05) is 31.7 Å². The predicted octanol–water partition coefficient (Wildman–Crippen LogP) is 1.84. The highest BCUT2D eigenvalue weighted by Crippen LogP contribution is 2.14. The minimum atomic E-state index is -0.827. The summed E-state index contributed by atoms with van der Waals surface area (Å²) in [6.45, 7) is 7.02. The summed E-state index contributed by atoms with van der Waals surface area (Å²) < 4.78 is 5.46. The van der Waals surface area contributed by atoms with Gasteiger partial charge in [0.2, 0.25) is 0 Å². The van der Waals surface area contributed by atoms with Gasteiger partial charge in [-0.05, 0) is 40.0 Å². The van der Waals surface area contributed by atoms with Crippen LogP contribution in [0.4, 0.5) is 4.79 Å². The van der Waals surface area contributed by atoms with Crippen LogP contribution in [0, 0.1) is 0 Å². The van der Waals surface area contributed by atoms with Crippen LogP contribution in [-0.2, 0) is 9.53 Å². The molecule has 0 aromatic carbocycles. The average molecular weight is 286 g/mol. The lowest BCUT2D eigenvalue weighted by Gasteiger charge is -2.32. The molecule has 0 saturated carbocycles. The number of nitrogens with zero attached hydrogens (tertiary/aromatic N) is 1. The number of amides is 2. The van der Waals surface area contributed by atoms with Gasteiger partial charge in [-0.3, -0.25) is 4.79 Å². The molecule has 0 aromatic heterocycles. The van der Waals surface area contributed by atoms with Crippen molar-refractivity contribution in [2.24, 2.45) is 0 Å². The summed E-state index contributed by atoms with van der Waals surface area (Å²) in [4.78, 5) is 24.5. The van der Waals surface area contributed by atoms with Crippen LogP contribution in [0.5, 0.6) is 0 Å². The zero-order valence-electron chi connectivity index (χ0n) is 12.6. The van der Waals surface area contributed by atoms with Crippen LogP contribution < -0.4 is 5.32 Å². The Morgan fingerprint density at radius 2 is 2.15 bits per heavy atom. The lowest BCUT2D eigenvalue weighted by Crippen LogP contribution is -2.50. The maximum absolute atomic E-state index is 12.3. The number of carboxylic acid groups (broad SMARTS) is 1. The number of aliphatic carboxylic acids is 1. The van der Waals surface area contributed by atoms with Crippen molar-refractivity contribution >= 4 is 12.0 Å². The number of hydrogen-bond acceptors (Lipinski definition) is 3. The van der Waals surface area contributed by atoms with Gasteiger partial charge in [0.25, 0.3) is 0 Å². The third kappa shape index (κ3) is 5.77. The first-order valence-electron chi connectivity index (χ1n) is 7.30. The molecule has 2 amide bonds. The number of carbonyl (C=O) groups excluding carboxylic acids is 1. The standard InChI is InChI=1S/C14H26N2O4/c1-10(2)16(7-4-5-13(17)18)14(19)15-12-6-8-20-11(3)9-12/h10-12H,4-9H2,1-3H3,(H,15,19)(H,17,18). The summed E-state index contributed by atoms with van der Waals surface area (Å²) in [5.41, 5.74) is 0. The second kappa shape index (κ2) is 8.09. The molecule has 20 heavy (non-hydrogen) atoms. The van der Waals surface area contributed by atoms with E-state index < -0.39 is 5.97 Å². The molecule has 0 spiro atoms. The number of rotatable bonds is 6. The number of hydrogen-bond donors (Lipinski definition) is 2.